The van der Waals surface area contributed by atoms with E-state index < -0.39 is 0 Å². The SMILES string of the molecule is CC(C)C(=O)N1CCN2CCc3ccccc3C2C1. The van der Waals surface area contributed by atoms with E-state index in [1.165, 1.54) is 11.1 Å². The van der Waals surface area contributed by atoms with Crippen LogP contribution in [0.2, 0.25) is 0 Å². The average molecular weight is 258 g/mol. The van der Waals surface area contributed by atoms with E-state index in [0.29, 0.717) is 11.9 Å². The Morgan fingerprint density at radius 3 is 2.79 bits per heavy atom. The Labute approximate surface area is 115 Å². The van der Waals surface area contributed by atoms with Crippen LogP contribution in [-0.4, -0.2) is 41.9 Å². The van der Waals surface area contributed by atoms with Crippen LogP contribution < -0.4 is 0 Å². The maximum atomic E-state index is 12.2. The third-order valence-electron chi connectivity index (χ3n) is 4.38. The van der Waals surface area contributed by atoms with Gasteiger partial charge in [0, 0.05) is 32.1 Å². The first kappa shape index (κ1) is 12.7. The molecule has 1 fully saturated rings. The second-order valence-electron chi connectivity index (χ2n) is 5.94. The van der Waals surface area contributed by atoms with Crippen molar-refractivity contribution in [3.05, 3.63) is 35.4 Å². The molecule has 3 heteroatoms. The van der Waals surface area contributed by atoms with Crippen LogP contribution in [0.3, 0.4) is 0 Å². The zero-order chi connectivity index (χ0) is 13.4. The van der Waals surface area contributed by atoms with Crippen LogP contribution in [0, 0.1) is 5.92 Å². The fraction of sp³-hybridized carbons (Fsp3) is 0.562. The topological polar surface area (TPSA) is 23.6 Å². The Bertz CT molecular complexity index is 483. The molecule has 0 bridgehead atoms. The van der Waals surface area contributed by atoms with Gasteiger partial charge in [0.05, 0.1) is 6.04 Å². The molecule has 1 atom stereocenters. The largest absolute Gasteiger partial charge is 0.339 e. The summed E-state index contributed by atoms with van der Waals surface area (Å²) in [6, 6.07) is 9.10. The summed E-state index contributed by atoms with van der Waals surface area (Å²) in [4.78, 5) is 16.8. The molecule has 19 heavy (non-hydrogen) atoms. The highest BCUT2D eigenvalue weighted by Gasteiger charge is 2.34. The van der Waals surface area contributed by atoms with Crippen LogP contribution in [0.5, 0.6) is 0 Å². The summed E-state index contributed by atoms with van der Waals surface area (Å²) in [5, 5.41) is 0. The second-order valence-corrected chi connectivity index (χ2v) is 5.94. The number of hydrogen-bond acceptors (Lipinski definition) is 2. The molecule has 0 aliphatic carbocycles. The van der Waals surface area contributed by atoms with Crippen molar-refractivity contribution in [1.82, 2.24) is 9.80 Å². The average Bonchev–Trinajstić information content (AvgIpc) is 2.45. The molecule has 1 unspecified atom stereocenters. The van der Waals surface area contributed by atoms with E-state index in [1.807, 2.05) is 18.7 Å². The Hall–Kier alpha value is -1.35. The highest BCUT2D eigenvalue weighted by molar-refractivity contribution is 5.78. The maximum absolute atomic E-state index is 12.2. The predicted octanol–water partition coefficient (Wildman–Crippen LogP) is 2.08. The highest BCUT2D eigenvalue weighted by Crippen LogP contribution is 2.32. The quantitative estimate of drug-likeness (QED) is 0.770. The third kappa shape index (κ3) is 2.27. The number of hydrogen-bond donors (Lipinski definition) is 0. The van der Waals surface area contributed by atoms with Gasteiger partial charge in [-0.15, -0.1) is 0 Å². The van der Waals surface area contributed by atoms with Crippen LogP contribution in [0.4, 0.5) is 0 Å². The van der Waals surface area contributed by atoms with Gasteiger partial charge >= 0.3 is 0 Å². The fourth-order valence-corrected chi connectivity index (χ4v) is 3.30. The monoisotopic (exact) mass is 258 g/mol. The predicted molar refractivity (Wildman–Crippen MR) is 75.9 cm³/mol. The number of fused-ring (bicyclic) bond motifs is 3. The summed E-state index contributed by atoms with van der Waals surface area (Å²) in [7, 11) is 0. The number of piperazine rings is 1. The summed E-state index contributed by atoms with van der Waals surface area (Å²) in [6.45, 7) is 7.86. The van der Waals surface area contributed by atoms with Crippen LogP contribution in [0.25, 0.3) is 0 Å². The molecule has 3 rings (SSSR count). The van der Waals surface area contributed by atoms with E-state index in [0.717, 1.165) is 32.6 Å². The molecule has 0 radical (unpaired) electrons. The van der Waals surface area contributed by atoms with E-state index in [-0.39, 0.29) is 5.92 Å². The summed E-state index contributed by atoms with van der Waals surface area (Å²) in [5.74, 6) is 0.396. The zero-order valence-electron chi connectivity index (χ0n) is 11.8. The molecule has 0 saturated carbocycles. The maximum Gasteiger partial charge on any atom is 0.225 e. The van der Waals surface area contributed by atoms with Gasteiger partial charge in [-0.2, -0.15) is 0 Å². The molecule has 102 valence electrons. The van der Waals surface area contributed by atoms with E-state index >= 15 is 0 Å². The first-order valence-electron chi connectivity index (χ1n) is 7.27. The van der Waals surface area contributed by atoms with Gasteiger partial charge in [0.25, 0.3) is 0 Å². The fourth-order valence-electron chi connectivity index (χ4n) is 3.30. The van der Waals surface area contributed by atoms with Crippen molar-refractivity contribution in [3.63, 3.8) is 0 Å². The summed E-state index contributed by atoms with van der Waals surface area (Å²) in [5.41, 5.74) is 2.89. The lowest BCUT2D eigenvalue weighted by Crippen LogP contribution is -2.53. The Morgan fingerprint density at radius 2 is 2.00 bits per heavy atom. The Balaban J connectivity index is 1.84. The van der Waals surface area contributed by atoms with Gasteiger partial charge in [-0.3, -0.25) is 9.69 Å². The van der Waals surface area contributed by atoms with Gasteiger partial charge in [-0.1, -0.05) is 38.1 Å². The van der Waals surface area contributed by atoms with E-state index in [4.69, 9.17) is 0 Å². The van der Waals surface area contributed by atoms with Crippen molar-refractivity contribution in [2.24, 2.45) is 5.92 Å². The van der Waals surface area contributed by atoms with E-state index in [1.54, 1.807) is 0 Å². The molecule has 2 heterocycles. The Morgan fingerprint density at radius 1 is 1.21 bits per heavy atom. The number of nitrogens with zero attached hydrogens (tertiary/aromatic N) is 2. The molecule has 0 N–H and O–H groups in total. The molecule has 2 aliphatic heterocycles. The molecule has 3 nitrogen and oxygen atoms in total. The molecule has 1 aromatic rings. The highest BCUT2D eigenvalue weighted by atomic mass is 16.2. The molecule has 1 saturated heterocycles. The molecular weight excluding hydrogens is 236 g/mol. The van der Waals surface area contributed by atoms with Crippen LogP contribution in [0.15, 0.2) is 24.3 Å². The lowest BCUT2D eigenvalue weighted by atomic mass is 9.90. The first-order valence-corrected chi connectivity index (χ1v) is 7.27. The van der Waals surface area contributed by atoms with E-state index in [9.17, 15) is 4.79 Å². The number of benzene rings is 1. The smallest absolute Gasteiger partial charge is 0.225 e. The Kier molecular flexibility index (Phi) is 3.31. The van der Waals surface area contributed by atoms with Crippen molar-refractivity contribution >= 4 is 5.91 Å². The van der Waals surface area contributed by atoms with Gasteiger partial charge in [-0.05, 0) is 17.5 Å². The number of amides is 1. The lowest BCUT2D eigenvalue weighted by molar-refractivity contribution is -0.137. The number of rotatable bonds is 1. The van der Waals surface area contributed by atoms with Gasteiger partial charge in [0.15, 0.2) is 0 Å². The second kappa shape index (κ2) is 4.97. The minimum atomic E-state index is 0.102. The van der Waals surface area contributed by atoms with Gasteiger partial charge in [0.2, 0.25) is 5.91 Å². The van der Waals surface area contributed by atoms with Crippen molar-refractivity contribution in [3.8, 4) is 0 Å². The van der Waals surface area contributed by atoms with Crippen LogP contribution in [-0.2, 0) is 11.2 Å². The molecule has 0 aromatic heterocycles. The van der Waals surface area contributed by atoms with Crippen LogP contribution in [0.1, 0.15) is 31.0 Å². The molecule has 1 amide bonds. The molecule has 1 aromatic carbocycles. The van der Waals surface area contributed by atoms with Gasteiger partial charge < -0.3 is 4.90 Å². The minimum Gasteiger partial charge on any atom is -0.339 e. The lowest BCUT2D eigenvalue weighted by Gasteiger charge is -2.45. The van der Waals surface area contributed by atoms with Crippen LogP contribution >= 0.6 is 0 Å². The van der Waals surface area contributed by atoms with Gasteiger partial charge in [-0.25, -0.2) is 0 Å². The van der Waals surface area contributed by atoms with Gasteiger partial charge in [0.1, 0.15) is 0 Å². The van der Waals surface area contributed by atoms with E-state index in [2.05, 4.69) is 29.2 Å². The molecule has 2 aliphatic rings. The first-order chi connectivity index (χ1) is 9.16. The van der Waals surface area contributed by atoms with Crippen molar-refractivity contribution < 1.29 is 4.79 Å². The number of carbonyl (C=O) groups is 1. The summed E-state index contributed by atoms with van der Waals surface area (Å²) in [6.07, 6.45) is 1.14. The summed E-state index contributed by atoms with van der Waals surface area (Å²) < 4.78 is 0. The molecular formula is C16H22N2O. The zero-order valence-corrected chi connectivity index (χ0v) is 11.8. The normalized spacial score (nSPS) is 23.1. The third-order valence-corrected chi connectivity index (χ3v) is 4.38. The van der Waals surface area contributed by atoms with Crippen molar-refractivity contribution in [2.75, 3.05) is 26.2 Å². The molecule has 0 spiro atoms. The standard InChI is InChI=1S/C16H22N2O/c1-12(2)16(19)18-10-9-17-8-7-13-5-3-4-6-14(13)15(17)11-18/h3-6,12,15H,7-11H2,1-2H3. The minimum absolute atomic E-state index is 0.102. The van der Waals surface area contributed by atoms with Crippen molar-refractivity contribution in [2.45, 2.75) is 26.3 Å². The van der Waals surface area contributed by atoms with Crippen molar-refractivity contribution in [1.29, 1.82) is 0 Å². The number of carbonyl (C=O) groups excluding carboxylic acids is 1. The summed E-state index contributed by atoms with van der Waals surface area (Å²) >= 11 is 0.